The van der Waals surface area contributed by atoms with Crippen LogP contribution in [0, 0.1) is 0 Å². The van der Waals surface area contributed by atoms with Gasteiger partial charge >= 0.3 is 5.51 Å². The predicted molar refractivity (Wildman–Crippen MR) is 71.1 cm³/mol. The zero-order valence-electron chi connectivity index (χ0n) is 10.5. The number of alkyl halides is 3. The molecule has 1 aromatic carbocycles. The van der Waals surface area contributed by atoms with Crippen molar-refractivity contribution in [3.8, 4) is 0 Å². The van der Waals surface area contributed by atoms with Gasteiger partial charge in [-0.3, -0.25) is 9.59 Å². The molecule has 0 aliphatic heterocycles. The number of anilines is 1. The predicted octanol–water partition coefficient (Wildman–Crippen LogP) is 2.29. The fourth-order valence-corrected chi connectivity index (χ4v) is 1.97. The number of primary amides is 1. The highest BCUT2D eigenvalue weighted by molar-refractivity contribution is 8.01. The average molecular weight is 306 g/mol. The largest absolute Gasteiger partial charge is 0.442 e. The van der Waals surface area contributed by atoms with Gasteiger partial charge in [0.1, 0.15) is 0 Å². The summed E-state index contributed by atoms with van der Waals surface area (Å²) < 4.78 is 36.4. The average Bonchev–Trinajstić information content (AvgIpc) is 2.28. The van der Waals surface area contributed by atoms with Crippen molar-refractivity contribution >= 4 is 29.3 Å². The fraction of sp³-hybridized carbons (Fsp3) is 0.333. The third-order valence-electron chi connectivity index (χ3n) is 2.28. The van der Waals surface area contributed by atoms with Crippen molar-refractivity contribution in [3.63, 3.8) is 0 Å². The number of nitrogens with two attached hydrogens (primary N) is 1. The molecule has 0 fully saturated rings. The Balaban J connectivity index is 2.60. The highest BCUT2D eigenvalue weighted by Crippen LogP contribution is 2.34. The first-order chi connectivity index (χ1) is 9.17. The smallest absolute Gasteiger partial charge is 0.369 e. The van der Waals surface area contributed by atoms with E-state index < -0.39 is 22.6 Å². The van der Waals surface area contributed by atoms with E-state index in [0.717, 1.165) is 0 Å². The number of benzene rings is 1. The first-order valence-electron chi connectivity index (χ1n) is 5.60. The monoisotopic (exact) mass is 306 g/mol. The van der Waals surface area contributed by atoms with Gasteiger partial charge in [-0.1, -0.05) is 12.1 Å². The zero-order chi connectivity index (χ0) is 15.3. The molecule has 4 nitrogen and oxygen atoms in total. The molecule has 0 radical (unpaired) electrons. The van der Waals surface area contributed by atoms with E-state index in [2.05, 4.69) is 5.32 Å². The first-order valence-corrected chi connectivity index (χ1v) is 6.48. The second-order valence-corrected chi connectivity index (χ2v) is 5.44. The van der Waals surface area contributed by atoms with Gasteiger partial charge in [0.2, 0.25) is 11.8 Å². The van der Waals surface area contributed by atoms with Crippen molar-refractivity contribution in [1.82, 2.24) is 0 Å². The lowest BCUT2D eigenvalue weighted by atomic mass is 10.1. The van der Waals surface area contributed by atoms with Crippen LogP contribution in [0.4, 0.5) is 18.9 Å². The van der Waals surface area contributed by atoms with Gasteiger partial charge in [0.25, 0.3) is 0 Å². The number of nitrogens with one attached hydrogen (secondary N) is 1. The summed E-state index contributed by atoms with van der Waals surface area (Å²) in [4.78, 5) is 22.2. The summed E-state index contributed by atoms with van der Waals surface area (Å²) in [5.41, 5.74) is 1.59. The molecule has 1 aromatic rings. The van der Waals surface area contributed by atoms with E-state index in [1.54, 1.807) is 12.1 Å². The molecule has 0 spiro atoms. The molecule has 20 heavy (non-hydrogen) atoms. The molecule has 2 amide bonds. The molecule has 0 unspecified atom stereocenters. The second kappa shape index (κ2) is 6.65. The van der Waals surface area contributed by atoms with E-state index in [-0.39, 0.29) is 18.2 Å². The zero-order valence-corrected chi connectivity index (χ0v) is 11.3. The van der Waals surface area contributed by atoms with Crippen LogP contribution in [0.5, 0.6) is 0 Å². The summed E-state index contributed by atoms with van der Waals surface area (Å²) in [5, 5.41) is 1.12. The molecular weight excluding hydrogens is 293 g/mol. The molecule has 110 valence electrons. The van der Waals surface area contributed by atoms with Gasteiger partial charge < -0.3 is 11.1 Å². The minimum Gasteiger partial charge on any atom is -0.369 e. The van der Waals surface area contributed by atoms with Crippen molar-refractivity contribution in [2.24, 2.45) is 5.73 Å². The van der Waals surface area contributed by atoms with Crippen LogP contribution >= 0.6 is 11.8 Å². The van der Waals surface area contributed by atoms with Crippen molar-refractivity contribution in [3.05, 3.63) is 29.8 Å². The molecule has 0 saturated heterocycles. The lowest BCUT2D eigenvalue weighted by molar-refractivity contribution is -0.117. The standard InChI is InChI=1S/C12H13F3N2O2S/c1-7(20-12(13,14)15)11(19)17-9-4-2-8(3-5-9)6-10(16)18/h2-5,7H,6H2,1H3,(H2,16,18)(H,17,19)/t7-/m0/s1. The van der Waals surface area contributed by atoms with Crippen LogP contribution in [0.15, 0.2) is 24.3 Å². The second-order valence-electron chi connectivity index (χ2n) is 4.04. The maximum absolute atomic E-state index is 12.1. The minimum atomic E-state index is -4.46. The van der Waals surface area contributed by atoms with Gasteiger partial charge in [-0.2, -0.15) is 13.2 Å². The summed E-state index contributed by atoms with van der Waals surface area (Å²) in [6, 6.07) is 6.15. The summed E-state index contributed by atoms with van der Waals surface area (Å²) >= 11 is -0.378. The molecule has 0 aliphatic carbocycles. The van der Waals surface area contributed by atoms with Crippen molar-refractivity contribution in [2.45, 2.75) is 24.1 Å². The summed E-state index contributed by atoms with van der Waals surface area (Å²) in [6.07, 6.45) is 0.0640. The lowest BCUT2D eigenvalue weighted by Gasteiger charge is -2.13. The summed E-state index contributed by atoms with van der Waals surface area (Å²) in [5.74, 6) is -1.23. The molecule has 0 heterocycles. The van der Waals surface area contributed by atoms with Crippen molar-refractivity contribution < 1.29 is 22.8 Å². The Morgan fingerprint density at radius 2 is 1.85 bits per heavy atom. The SMILES string of the molecule is C[C@H](SC(F)(F)F)C(=O)Nc1ccc(CC(N)=O)cc1. The molecule has 0 bridgehead atoms. The van der Waals surface area contributed by atoms with E-state index in [1.165, 1.54) is 19.1 Å². The molecule has 8 heteroatoms. The summed E-state index contributed by atoms with van der Waals surface area (Å²) in [6.45, 7) is 1.18. The number of hydrogen-bond acceptors (Lipinski definition) is 3. The van der Waals surface area contributed by atoms with Crippen molar-refractivity contribution in [1.29, 1.82) is 0 Å². The molecule has 0 aromatic heterocycles. The maximum atomic E-state index is 12.1. The van der Waals surface area contributed by atoms with Crippen LogP contribution in [-0.2, 0) is 16.0 Å². The Kier molecular flexibility index (Phi) is 5.43. The Labute approximate surface area is 117 Å². The number of carbonyl (C=O) groups is 2. The van der Waals surface area contributed by atoms with Crippen LogP contribution < -0.4 is 11.1 Å². The number of hydrogen-bond donors (Lipinski definition) is 2. The number of thioether (sulfide) groups is 1. The third kappa shape index (κ3) is 5.96. The van der Waals surface area contributed by atoms with Gasteiger partial charge in [-0.05, 0) is 36.4 Å². The van der Waals surface area contributed by atoms with Crippen LogP contribution in [0.25, 0.3) is 0 Å². The highest BCUT2D eigenvalue weighted by atomic mass is 32.2. The maximum Gasteiger partial charge on any atom is 0.442 e. The highest BCUT2D eigenvalue weighted by Gasteiger charge is 2.34. The minimum absolute atomic E-state index is 0.0640. The van der Waals surface area contributed by atoms with Crippen molar-refractivity contribution in [2.75, 3.05) is 5.32 Å². The molecule has 0 saturated carbocycles. The molecular formula is C12H13F3N2O2S. The van der Waals surface area contributed by atoms with E-state index >= 15 is 0 Å². The van der Waals surface area contributed by atoms with E-state index in [1.807, 2.05) is 0 Å². The number of amides is 2. The van der Waals surface area contributed by atoms with Gasteiger partial charge in [0, 0.05) is 5.69 Å². The Hall–Kier alpha value is -1.70. The van der Waals surface area contributed by atoms with E-state index in [4.69, 9.17) is 5.73 Å². The molecule has 1 rings (SSSR count). The van der Waals surface area contributed by atoms with Crippen LogP contribution in [0.2, 0.25) is 0 Å². The Bertz CT molecular complexity index is 488. The molecule has 1 atom stereocenters. The van der Waals surface area contributed by atoms with Crippen LogP contribution in [-0.4, -0.2) is 22.6 Å². The lowest BCUT2D eigenvalue weighted by Crippen LogP contribution is -2.25. The van der Waals surface area contributed by atoms with Crippen LogP contribution in [0.3, 0.4) is 0 Å². The Morgan fingerprint density at radius 3 is 2.30 bits per heavy atom. The summed E-state index contributed by atoms with van der Waals surface area (Å²) in [7, 11) is 0. The van der Waals surface area contributed by atoms with Gasteiger partial charge in [-0.15, -0.1) is 0 Å². The third-order valence-corrected chi connectivity index (χ3v) is 3.11. The first kappa shape index (κ1) is 16.4. The van der Waals surface area contributed by atoms with Crippen LogP contribution in [0.1, 0.15) is 12.5 Å². The van der Waals surface area contributed by atoms with Gasteiger partial charge in [0.05, 0.1) is 11.7 Å². The van der Waals surface area contributed by atoms with Gasteiger partial charge in [-0.25, -0.2) is 0 Å². The van der Waals surface area contributed by atoms with Gasteiger partial charge in [0.15, 0.2) is 0 Å². The number of rotatable bonds is 5. The molecule has 0 aliphatic rings. The fourth-order valence-electron chi connectivity index (χ4n) is 1.40. The number of carbonyl (C=O) groups excluding carboxylic acids is 2. The topological polar surface area (TPSA) is 72.2 Å². The van der Waals surface area contributed by atoms with E-state index in [0.29, 0.717) is 11.3 Å². The molecule has 3 N–H and O–H groups in total. The number of halogens is 3. The van der Waals surface area contributed by atoms with E-state index in [9.17, 15) is 22.8 Å². The quantitative estimate of drug-likeness (QED) is 0.876. The normalized spacial score (nSPS) is 12.8. The Morgan fingerprint density at radius 1 is 1.30 bits per heavy atom.